The fraction of sp³-hybridized carbons (Fsp3) is 0.154. The summed E-state index contributed by atoms with van der Waals surface area (Å²) >= 11 is 0. The predicted octanol–water partition coefficient (Wildman–Crippen LogP) is 2.08. The average Bonchev–Trinajstić information content (AvgIpc) is 2.39. The van der Waals surface area contributed by atoms with E-state index >= 15 is 0 Å². The number of amides is 1. The summed E-state index contributed by atoms with van der Waals surface area (Å²) < 4.78 is 0. The Bertz CT molecular complexity index is 568. The van der Waals surface area contributed by atoms with Gasteiger partial charge in [-0.15, -0.1) is 0 Å². The van der Waals surface area contributed by atoms with Crippen molar-refractivity contribution in [3.63, 3.8) is 0 Å². The molecule has 0 radical (unpaired) electrons. The van der Waals surface area contributed by atoms with Crippen molar-refractivity contribution in [3.05, 3.63) is 47.8 Å². The van der Waals surface area contributed by atoms with Crippen molar-refractivity contribution in [1.82, 2.24) is 9.97 Å². The van der Waals surface area contributed by atoms with Crippen LogP contribution in [-0.4, -0.2) is 22.9 Å². The summed E-state index contributed by atoms with van der Waals surface area (Å²) in [4.78, 5) is 20.3. The summed E-state index contributed by atoms with van der Waals surface area (Å²) in [7, 11) is 1.76. The standard InChI is InChI=1S/C13H14N4O/c1-9-4-3-5-11(16-9)17-13(18)10-6-7-15-12(8-10)14-2/h3-8H,1-2H3,(H,14,15)(H,16,17,18). The lowest BCUT2D eigenvalue weighted by atomic mass is 10.2. The number of aromatic nitrogens is 2. The van der Waals surface area contributed by atoms with Crippen LogP contribution in [0.2, 0.25) is 0 Å². The van der Waals surface area contributed by atoms with E-state index in [1.165, 1.54) is 0 Å². The Labute approximate surface area is 105 Å². The Hall–Kier alpha value is -2.43. The van der Waals surface area contributed by atoms with E-state index in [9.17, 15) is 4.79 Å². The van der Waals surface area contributed by atoms with Crippen molar-refractivity contribution in [2.24, 2.45) is 0 Å². The first-order chi connectivity index (χ1) is 8.69. The highest BCUT2D eigenvalue weighted by atomic mass is 16.1. The van der Waals surface area contributed by atoms with Crippen molar-refractivity contribution in [3.8, 4) is 0 Å². The second-order valence-corrected chi connectivity index (χ2v) is 3.80. The minimum atomic E-state index is -0.202. The van der Waals surface area contributed by atoms with Crippen LogP contribution in [0.4, 0.5) is 11.6 Å². The summed E-state index contributed by atoms with van der Waals surface area (Å²) in [5, 5.41) is 5.63. The van der Waals surface area contributed by atoms with Crippen molar-refractivity contribution in [2.75, 3.05) is 17.7 Å². The van der Waals surface area contributed by atoms with E-state index in [4.69, 9.17) is 0 Å². The van der Waals surface area contributed by atoms with E-state index in [0.717, 1.165) is 5.69 Å². The molecule has 0 aliphatic carbocycles. The van der Waals surface area contributed by atoms with Gasteiger partial charge in [0.25, 0.3) is 5.91 Å². The lowest BCUT2D eigenvalue weighted by Crippen LogP contribution is -2.13. The molecule has 5 nitrogen and oxygen atoms in total. The first kappa shape index (κ1) is 12.0. The maximum atomic E-state index is 12.0. The molecule has 0 aliphatic rings. The highest BCUT2D eigenvalue weighted by molar-refractivity contribution is 6.04. The molecule has 2 N–H and O–H groups in total. The Kier molecular flexibility index (Phi) is 3.52. The SMILES string of the molecule is CNc1cc(C(=O)Nc2cccc(C)n2)ccn1. The van der Waals surface area contributed by atoms with Gasteiger partial charge in [-0.3, -0.25) is 4.79 Å². The summed E-state index contributed by atoms with van der Waals surface area (Å²) in [5.74, 6) is 0.995. The second-order valence-electron chi connectivity index (χ2n) is 3.80. The molecule has 2 aromatic rings. The molecule has 0 saturated carbocycles. The first-order valence-corrected chi connectivity index (χ1v) is 5.58. The largest absolute Gasteiger partial charge is 0.373 e. The van der Waals surface area contributed by atoms with Crippen LogP contribution in [0, 0.1) is 6.92 Å². The van der Waals surface area contributed by atoms with E-state index in [-0.39, 0.29) is 5.91 Å². The number of carbonyl (C=O) groups is 1. The van der Waals surface area contributed by atoms with Gasteiger partial charge in [-0.05, 0) is 31.2 Å². The lowest BCUT2D eigenvalue weighted by molar-refractivity contribution is 0.102. The van der Waals surface area contributed by atoms with Gasteiger partial charge in [0.1, 0.15) is 11.6 Å². The smallest absolute Gasteiger partial charge is 0.257 e. The maximum Gasteiger partial charge on any atom is 0.257 e. The number of aryl methyl sites for hydroxylation is 1. The van der Waals surface area contributed by atoms with Gasteiger partial charge < -0.3 is 10.6 Å². The minimum absolute atomic E-state index is 0.202. The van der Waals surface area contributed by atoms with Crippen LogP contribution in [0.5, 0.6) is 0 Å². The third kappa shape index (κ3) is 2.82. The molecule has 0 saturated heterocycles. The molecule has 5 heteroatoms. The van der Waals surface area contributed by atoms with E-state index in [2.05, 4.69) is 20.6 Å². The number of pyridine rings is 2. The molecular weight excluding hydrogens is 228 g/mol. The number of nitrogens with zero attached hydrogens (tertiary/aromatic N) is 2. The Morgan fingerprint density at radius 2 is 2.06 bits per heavy atom. The van der Waals surface area contributed by atoms with Crippen LogP contribution in [0.1, 0.15) is 16.1 Å². The first-order valence-electron chi connectivity index (χ1n) is 5.58. The zero-order chi connectivity index (χ0) is 13.0. The molecule has 2 aromatic heterocycles. The summed E-state index contributed by atoms with van der Waals surface area (Å²) in [6.45, 7) is 1.88. The topological polar surface area (TPSA) is 66.9 Å². The van der Waals surface area contributed by atoms with Gasteiger partial charge in [-0.25, -0.2) is 9.97 Å². The van der Waals surface area contributed by atoms with Crippen LogP contribution >= 0.6 is 0 Å². The number of anilines is 2. The number of hydrogen-bond acceptors (Lipinski definition) is 4. The molecular formula is C13H14N4O. The molecule has 0 aromatic carbocycles. The van der Waals surface area contributed by atoms with Crippen molar-refractivity contribution in [2.45, 2.75) is 6.92 Å². The normalized spacial score (nSPS) is 9.89. The van der Waals surface area contributed by atoms with E-state index in [1.54, 1.807) is 31.4 Å². The zero-order valence-corrected chi connectivity index (χ0v) is 10.3. The molecule has 0 bridgehead atoms. The fourth-order valence-corrected chi connectivity index (χ4v) is 1.51. The third-order valence-electron chi connectivity index (χ3n) is 2.41. The Morgan fingerprint density at radius 1 is 1.22 bits per heavy atom. The maximum absolute atomic E-state index is 12.0. The van der Waals surface area contributed by atoms with Gasteiger partial charge in [0.05, 0.1) is 0 Å². The highest BCUT2D eigenvalue weighted by Gasteiger charge is 2.07. The Morgan fingerprint density at radius 3 is 2.78 bits per heavy atom. The van der Waals surface area contributed by atoms with Gasteiger partial charge in [-0.2, -0.15) is 0 Å². The summed E-state index contributed by atoms with van der Waals surface area (Å²) in [6.07, 6.45) is 1.59. The zero-order valence-electron chi connectivity index (χ0n) is 10.3. The van der Waals surface area contributed by atoms with E-state index in [0.29, 0.717) is 17.2 Å². The van der Waals surface area contributed by atoms with Gasteiger partial charge in [0.2, 0.25) is 0 Å². The molecule has 1 amide bonds. The van der Waals surface area contributed by atoms with Gasteiger partial charge in [0, 0.05) is 24.5 Å². The van der Waals surface area contributed by atoms with Crippen LogP contribution in [0.3, 0.4) is 0 Å². The molecule has 18 heavy (non-hydrogen) atoms. The highest BCUT2D eigenvalue weighted by Crippen LogP contribution is 2.09. The molecule has 2 rings (SSSR count). The number of carbonyl (C=O) groups excluding carboxylic acids is 1. The van der Waals surface area contributed by atoms with Gasteiger partial charge >= 0.3 is 0 Å². The van der Waals surface area contributed by atoms with Crippen molar-refractivity contribution < 1.29 is 4.79 Å². The quantitative estimate of drug-likeness (QED) is 0.864. The second kappa shape index (κ2) is 5.27. The summed E-state index contributed by atoms with van der Waals surface area (Å²) in [5.41, 5.74) is 1.40. The molecule has 2 heterocycles. The number of rotatable bonds is 3. The number of hydrogen-bond donors (Lipinski definition) is 2. The van der Waals surface area contributed by atoms with Crippen molar-refractivity contribution >= 4 is 17.5 Å². The Balaban J connectivity index is 2.16. The molecule has 92 valence electrons. The fourth-order valence-electron chi connectivity index (χ4n) is 1.51. The molecule has 0 aliphatic heterocycles. The van der Waals surface area contributed by atoms with Crippen molar-refractivity contribution in [1.29, 1.82) is 0 Å². The minimum Gasteiger partial charge on any atom is -0.373 e. The molecule has 0 unspecified atom stereocenters. The molecule has 0 atom stereocenters. The average molecular weight is 242 g/mol. The van der Waals surface area contributed by atoms with E-state index in [1.807, 2.05) is 19.1 Å². The van der Waals surface area contributed by atoms with Crippen LogP contribution in [-0.2, 0) is 0 Å². The monoisotopic (exact) mass is 242 g/mol. The third-order valence-corrected chi connectivity index (χ3v) is 2.41. The van der Waals surface area contributed by atoms with E-state index < -0.39 is 0 Å². The predicted molar refractivity (Wildman–Crippen MR) is 70.7 cm³/mol. The van der Waals surface area contributed by atoms with Crippen LogP contribution in [0.25, 0.3) is 0 Å². The van der Waals surface area contributed by atoms with Gasteiger partial charge in [-0.1, -0.05) is 6.07 Å². The molecule has 0 fully saturated rings. The molecule has 0 spiro atoms. The number of nitrogens with one attached hydrogen (secondary N) is 2. The van der Waals surface area contributed by atoms with Gasteiger partial charge in [0.15, 0.2) is 0 Å². The summed E-state index contributed by atoms with van der Waals surface area (Å²) in [6, 6.07) is 8.83. The lowest BCUT2D eigenvalue weighted by Gasteiger charge is -2.06. The van der Waals surface area contributed by atoms with Crippen LogP contribution in [0.15, 0.2) is 36.5 Å². The van der Waals surface area contributed by atoms with Crippen LogP contribution < -0.4 is 10.6 Å².